The van der Waals surface area contributed by atoms with E-state index in [0.717, 1.165) is 16.9 Å². The zero-order valence-corrected chi connectivity index (χ0v) is 21.4. The second kappa shape index (κ2) is 11.9. The lowest BCUT2D eigenvalue weighted by Gasteiger charge is -2.15. The monoisotopic (exact) mass is 500 g/mol. The van der Waals surface area contributed by atoms with Crippen LogP contribution in [0.4, 0.5) is 5.69 Å². The van der Waals surface area contributed by atoms with Crippen LogP contribution in [0.2, 0.25) is 5.02 Å². The van der Waals surface area contributed by atoms with Gasteiger partial charge in [0.05, 0.1) is 18.6 Å². The van der Waals surface area contributed by atoms with E-state index < -0.39 is 0 Å². The molecule has 1 N–H and O–H groups in total. The number of hydrogen-bond acceptors (Lipinski definition) is 6. The van der Waals surface area contributed by atoms with Gasteiger partial charge in [0.25, 0.3) is 0 Å². The molecular formula is C25H29ClN4O3S. The largest absolute Gasteiger partial charge is 0.495 e. The molecule has 34 heavy (non-hydrogen) atoms. The number of aromatic nitrogens is 3. The lowest BCUT2D eigenvalue weighted by molar-refractivity contribution is -0.113. The predicted octanol–water partition coefficient (Wildman–Crippen LogP) is 5.87. The number of methoxy groups -OCH3 is 1. The van der Waals surface area contributed by atoms with E-state index in [0.29, 0.717) is 39.9 Å². The maximum atomic E-state index is 12.6. The zero-order chi connectivity index (χ0) is 24.7. The van der Waals surface area contributed by atoms with E-state index in [-0.39, 0.29) is 18.3 Å². The Bertz CT molecular complexity index is 1160. The minimum absolute atomic E-state index is 0.140. The van der Waals surface area contributed by atoms with E-state index in [4.69, 9.17) is 21.1 Å². The van der Waals surface area contributed by atoms with Crippen molar-refractivity contribution in [3.8, 4) is 11.5 Å². The Labute approximate surface area is 209 Å². The number of carbonyl (C=O) groups excluding carboxylic acids is 1. The van der Waals surface area contributed by atoms with E-state index in [9.17, 15) is 4.79 Å². The van der Waals surface area contributed by atoms with Crippen molar-refractivity contribution in [1.29, 1.82) is 0 Å². The standard InChI is InChI=1S/C25H29ClN4O3S/c1-6-11-30-23(14-33-22-12-17(4)7-9-19(22)16(2)3)28-29-25(30)34-15-24(31)27-20-13-18(26)8-10-21(20)32-5/h6-10,12-13,16H,1,11,14-15H2,2-5H3,(H,27,31). The normalized spacial score (nSPS) is 10.9. The highest BCUT2D eigenvalue weighted by atomic mass is 35.5. The summed E-state index contributed by atoms with van der Waals surface area (Å²) in [4.78, 5) is 12.6. The Balaban J connectivity index is 1.69. The Morgan fingerprint density at radius 1 is 1.24 bits per heavy atom. The third-order valence-electron chi connectivity index (χ3n) is 5.02. The molecule has 1 heterocycles. The van der Waals surface area contributed by atoms with Crippen LogP contribution in [0.25, 0.3) is 0 Å². The first-order valence-corrected chi connectivity index (χ1v) is 12.2. The van der Waals surface area contributed by atoms with E-state index in [1.807, 2.05) is 17.6 Å². The molecule has 0 aliphatic rings. The maximum absolute atomic E-state index is 12.6. The Morgan fingerprint density at radius 3 is 2.74 bits per heavy atom. The van der Waals surface area contributed by atoms with Crippen LogP contribution in [-0.2, 0) is 17.9 Å². The van der Waals surface area contributed by atoms with Crippen LogP contribution in [0, 0.1) is 6.92 Å². The summed E-state index contributed by atoms with van der Waals surface area (Å²) in [6.45, 7) is 10.9. The van der Waals surface area contributed by atoms with Crippen molar-refractivity contribution >= 4 is 35.0 Å². The number of allylic oxidation sites excluding steroid dienone is 1. The average Bonchev–Trinajstić information content (AvgIpc) is 3.18. The maximum Gasteiger partial charge on any atom is 0.234 e. The van der Waals surface area contributed by atoms with Gasteiger partial charge in [0.2, 0.25) is 5.91 Å². The lowest BCUT2D eigenvalue weighted by Crippen LogP contribution is -2.15. The Hall–Kier alpha value is -2.97. The smallest absolute Gasteiger partial charge is 0.234 e. The molecule has 1 aromatic heterocycles. The first-order chi connectivity index (χ1) is 16.3. The number of aryl methyl sites for hydroxylation is 1. The summed E-state index contributed by atoms with van der Waals surface area (Å²) in [6, 6.07) is 11.3. The minimum atomic E-state index is -0.210. The number of thioether (sulfide) groups is 1. The second-order valence-corrected chi connectivity index (χ2v) is 9.34. The van der Waals surface area contributed by atoms with Crippen molar-refractivity contribution in [3.63, 3.8) is 0 Å². The predicted molar refractivity (Wildman–Crippen MR) is 137 cm³/mol. The molecule has 0 aliphatic carbocycles. The molecule has 0 saturated heterocycles. The topological polar surface area (TPSA) is 78.3 Å². The van der Waals surface area contributed by atoms with Gasteiger partial charge in [0, 0.05) is 11.6 Å². The number of benzene rings is 2. The number of hydrogen-bond donors (Lipinski definition) is 1. The van der Waals surface area contributed by atoms with Crippen LogP contribution in [0.3, 0.4) is 0 Å². The molecule has 180 valence electrons. The van der Waals surface area contributed by atoms with Crippen molar-refractivity contribution in [3.05, 3.63) is 71.0 Å². The highest BCUT2D eigenvalue weighted by Crippen LogP contribution is 2.29. The molecule has 0 unspecified atom stereocenters. The quantitative estimate of drug-likeness (QED) is 0.262. The van der Waals surface area contributed by atoms with Gasteiger partial charge in [-0.1, -0.05) is 55.4 Å². The molecule has 9 heteroatoms. The molecule has 2 aromatic carbocycles. The fourth-order valence-electron chi connectivity index (χ4n) is 3.33. The highest BCUT2D eigenvalue weighted by Gasteiger charge is 2.16. The van der Waals surface area contributed by atoms with Crippen molar-refractivity contribution in [2.75, 3.05) is 18.2 Å². The zero-order valence-electron chi connectivity index (χ0n) is 19.8. The van der Waals surface area contributed by atoms with Crippen LogP contribution in [0.1, 0.15) is 36.7 Å². The number of ether oxygens (including phenoxy) is 2. The first kappa shape index (κ1) is 25.6. The molecule has 0 radical (unpaired) electrons. The third kappa shape index (κ3) is 6.55. The minimum Gasteiger partial charge on any atom is -0.495 e. The molecule has 0 fully saturated rings. The van der Waals surface area contributed by atoms with Gasteiger partial charge in [-0.05, 0) is 48.2 Å². The van der Waals surface area contributed by atoms with Crippen molar-refractivity contribution < 1.29 is 14.3 Å². The number of carbonyl (C=O) groups is 1. The molecule has 0 atom stereocenters. The summed E-state index contributed by atoms with van der Waals surface area (Å²) in [5, 5.41) is 12.5. The molecule has 0 spiro atoms. The number of nitrogens with one attached hydrogen (secondary N) is 1. The Kier molecular flexibility index (Phi) is 9.01. The molecule has 0 saturated carbocycles. The van der Waals surface area contributed by atoms with E-state index in [2.05, 4.69) is 48.1 Å². The van der Waals surface area contributed by atoms with Crippen LogP contribution < -0.4 is 14.8 Å². The summed E-state index contributed by atoms with van der Waals surface area (Å²) in [7, 11) is 1.54. The molecule has 0 bridgehead atoms. The SMILES string of the molecule is C=CCn1c(COc2cc(C)ccc2C(C)C)nnc1SCC(=O)Nc1cc(Cl)ccc1OC. The summed E-state index contributed by atoms with van der Waals surface area (Å²) < 4.78 is 13.3. The van der Waals surface area contributed by atoms with E-state index in [1.54, 1.807) is 24.3 Å². The number of halogens is 1. The summed E-state index contributed by atoms with van der Waals surface area (Å²) in [5.41, 5.74) is 2.79. The number of amides is 1. The van der Waals surface area contributed by atoms with Gasteiger partial charge in [0.1, 0.15) is 18.1 Å². The van der Waals surface area contributed by atoms with Crippen molar-refractivity contribution in [2.45, 2.75) is 45.0 Å². The van der Waals surface area contributed by atoms with Gasteiger partial charge in [-0.3, -0.25) is 9.36 Å². The molecule has 7 nitrogen and oxygen atoms in total. The highest BCUT2D eigenvalue weighted by molar-refractivity contribution is 7.99. The molecule has 1 amide bonds. The summed E-state index contributed by atoms with van der Waals surface area (Å²) in [6.07, 6.45) is 1.76. The van der Waals surface area contributed by atoms with Crippen molar-refractivity contribution in [1.82, 2.24) is 14.8 Å². The third-order valence-corrected chi connectivity index (χ3v) is 6.22. The fourth-order valence-corrected chi connectivity index (χ4v) is 4.26. The summed E-state index contributed by atoms with van der Waals surface area (Å²) in [5.74, 6) is 2.31. The van der Waals surface area contributed by atoms with E-state index in [1.165, 1.54) is 18.9 Å². The number of rotatable bonds is 11. The molecular weight excluding hydrogens is 472 g/mol. The second-order valence-electron chi connectivity index (χ2n) is 7.96. The average molecular weight is 501 g/mol. The number of anilines is 1. The van der Waals surface area contributed by atoms with Gasteiger partial charge < -0.3 is 14.8 Å². The van der Waals surface area contributed by atoms with Crippen LogP contribution in [0.5, 0.6) is 11.5 Å². The molecule has 3 rings (SSSR count). The van der Waals surface area contributed by atoms with Crippen molar-refractivity contribution in [2.24, 2.45) is 0 Å². The van der Waals surface area contributed by atoms with Crippen LogP contribution in [-0.4, -0.2) is 33.5 Å². The van der Waals surface area contributed by atoms with Crippen LogP contribution in [0.15, 0.2) is 54.2 Å². The fraction of sp³-hybridized carbons (Fsp3) is 0.320. The first-order valence-electron chi connectivity index (χ1n) is 10.8. The van der Waals surface area contributed by atoms with Gasteiger partial charge in [-0.15, -0.1) is 16.8 Å². The number of nitrogens with zero attached hydrogens (tertiary/aromatic N) is 3. The van der Waals surface area contributed by atoms with Gasteiger partial charge >= 0.3 is 0 Å². The van der Waals surface area contributed by atoms with Gasteiger partial charge in [0.15, 0.2) is 11.0 Å². The van der Waals surface area contributed by atoms with E-state index >= 15 is 0 Å². The Morgan fingerprint density at radius 2 is 2.03 bits per heavy atom. The van der Waals surface area contributed by atoms with Gasteiger partial charge in [-0.25, -0.2) is 0 Å². The lowest BCUT2D eigenvalue weighted by atomic mass is 10.0. The van der Waals surface area contributed by atoms with Crippen LogP contribution >= 0.6 is 23.4 Å². The molecule has 0 aliphatic heterocycles. The molecule has 3 aromatic rings. The summed E-state index contributed by atoms with van der Waals surface area (Å²) >= 11 is 7.33. The van der Waals surface area contributed by atoms with Gasteiger partial charge in [-0.2, -0.15) is 0 Å².